The molecule has 0 unspecified atom stereocenters. The SMILES string of the molecule is CC(C)[C@@H]1C(=O)C(C(N)=O)=C(O)[C@@]2(O)C(=O)C3=C(O)c4c(O)ccc(CNC(=O)c5cccnc5)c4C[C@H]3C[C@@H]12. The fourth-order valence-electron chi connectivity index (χ4n) is 6.49. The molecule has 4 atom stereocenters. The maximum atomic E-state index is 13.9. The molecule has 11 heteroatoms. The first-order chi connectivity index (χ1) is 18.9. The van der Waals surface area contributed by atoms with Crippen LogP contribution in [0.1, 0.15) is 47.3 Å². The van der Waals surface area contributed by atoms with Gasteiger partial charge in [0.25, 0.3) is 11.8 Å². The molecule has 0 spiro atoms. The van der Waals surface area contributed by atoms with Crippen molar-refractivity contribution in [2.75, 3.05) is 0 Å². The van der Waals surface area contributed by atoms with Crippen molar-refractivity contribution in [1.82, 2.24) is 10.3 Å². The molecule has 40 heavy (non-hydrogen) atoms. The van der Waals surface area contributed by atoms with Crippen LogP contribution in [0.15, 0.2) is 53.6 Å². The standard InChI is InChI=1S/C29H29N3O8/c1-12(2)19-17-9-15-8-16-13(11-32-28(39)14-4-3-7-31-10-14)5-6-18(33)21(16)24(35)20(15)25(36)29(17,40)26(37)22(23(19)34)27(30)38/h3-7,10,12,15,17,19,33,35,37,40H,8-9,11H2,1-2H3,(H2,30,38)(H,32,39)/t15-,17-,19-,29-/m0/s1. The molecule has 7 N–H and O–H groups in total. The summed E-state index contributed by atoms with van der Waals surface area (Å²) in [5.41, 5.74) is 3.06. The highest BCUT2D eigenvalue weighted by Gasteiger charge is 2.64. The summed E-state index contributed by atoms with van der Waals surface area (Å²) in [6.45, 7) is 3.45. The molecule has 0 aliphatic heterocycles. The smallest absolute Gasteiger partial charge is 0.255 e. The molecule has 1 saturated carbocycles. The number of amides is 2. The molecule has 0 radical (unpaired) electrons. The summed E-state index contributed by atoms with van der Waals surface area (Å²) < 4.78 is 0. The van der Waals surface area contributed by atoms with Gasteiger partial charge in [-0.2, -0.15) is 0 Å². The number of phenols is 1. The Morgan fingerprint density at radius 3 is 2.52 bits per heavy atom. The third-order valence-electron chi connectivity index (χ3n) is 8.31. The highest BCUT2D eigenvalue weighted by Crippen LogP contribution is 2.54. The average molecular weight is 548 g/mol. The average Bonchev–Trinajstić information content (AvgIpc) is 2.90. The van der Waals surface area contributed by atoms with E-state index in [4.69, 9.17) is 5.73 Å². The number of Topliss-reactive ketones (excluding diaryl/α,β-unsaturated/α-hetero) is 2. The number of fused-ring (bicyclic) bond motifs is 3. The van der Waals surface area contributed by atoms with Crippen molar-refractivity contribution in [3.8, 4) is 5.75 Å². The minimum absolute atomic E-state index is 0.0168. The van der Waals surface area contributed by atoms with Gasteiger partial charge in [-0.3, -0.25) is 24.2 Å². The van der Waals surface area contributed by atoms with Crippen molar-refractivity contribution in [3.05, 3.63) is 75.8 Å². The number of nitrogens with one attached hydrogen (secondary N) is 1. The highest BCUT2D eigenvalue weighted by molar-refractivity contribution is 6.23. The number of aromatic nitrogens is 1. The first-order valence-electron chi connectivity index (χ1n) is 12.9. The van der Waals surface area contributed by atoms with Crippen LogP contribution in [-0.4, -0.2) is 54.4 Å². The molecular formula is C29H29N3O8. The van der Waals surface area contributed by atoms with Crippen molar-refractivity contribution in [1.29, 1.82) is 0 Å². The maximum absolute atomic E-state index is 13.9. The Labute approximate surface area is 229 Å². The van der Waals surface area contributed by atoms with Crippen LogP contribution in [-0.2, 0) is 27.3 Å². The molecule has 5 rings (SSSR count). The van der Waals surface area contributed by atoms with Gasteiger partial charge >= 0.3 is 0 Å². The Kier molecular flexibility index (Phi) is 6.49. The Balaban J connectivity index is 1.59. The largest absolute Gasteiger partial charge is 0.508 e. The summed E-state index contributed by atoms with van der Waals surface area (Å²) in [6, 6.07) is 6.16. The summed E-state index contributed by atoms with van der Waals surface area (Å²) in [6.07, 6.45) is 3.12. The molecule has 1 heterocycles. The van der Waals surface area contributed by atoms with Crippen LogP contribution in [0.3, 0.4) is 0 Å². The lowest BCUT2D eigenvalue weighted by atomic mass is 9.54. The summed E-state index contributed by atoms with van der Waals surface area (Å²) in [7, 11) is 0. The Morgan fingerprint density at radius 1 is 1.18 bits per heavy atom. The zero-order valence-corrected chi connectivity index (χ0v) is 21.8. The van der Waals surface area contributed by atoms with Crippen molar-refractivity contribution in [2.45, 2.75) is 38.8 Å². The molecule has 11 nitrogen and oxygen atoms in total. The number of aliphatic hydroxyl groups excluding tert-OH is 2. The number of pyridine rings is 1. The topological polar surface area (TPSA) is 200 Å². The van der Waals surface area contributed by atoms with Crippen LogP contribution >= 0.6 is 0 Å². The van der Waals surface area contributed by atoms with E-state index in [1.807, 2.05) is 0 Å². The molecule has 2 aromatic rings. The predicted molar refractivity (Wildman–Crippen MR) is 141 cm³/mol. The van der Waals surface area contributed by atoms with Gasteiger partial charge in [-0.15, -0.1) is 0 Å². The fourth-order valence-corrected chi connectivity index (χ4v) is 6.49. The van der Waals surface area contributed by atoms with Crippen molar-refractivity contribution in [2.24, 2.45) is 29.4 Å². The second-order valence-corrected chi connectivity index (χ2v) is 10.8. The molecule has 2 amide bonds. The summed E-state index contributed by atoms with van der Waals surface area (Å²) in [5.74, 6) is -8.65. The molecule has 0 bridgehead atoms. The van der Waals surface area contributed by atoms with Gasteiger partial charge in [-0.1, -0.05) is 19.9 Å². The summed E-state index contributed by atoms with van der Waals surface area (Å²) >= 11 is 0. The third kappa shape index (κ3) is 3.88. The van der Waals surface area contributed by atoms with Gasteiger partial charge in [0.1, 0.15) is 22.8 Å². The Morgan fingerprint density at radius 2 is 1.90 bits per heavy atom. The minimum Gasteiger partial charge on any atom is -0.508 e. The van der Waals surface area contributed by atoms with E-state index < -0.39 is 63.8 Å². The van der Waals surface area contributed by atoms with Crippen LogP contribution in [0.5, 0.6) is 5.75 Å². The van der Waals surface area contributed by atoms with Crippen molar-refractivity contribution >= 4 is 29.1 Å². The number of nitrogens with two attached hydrogens (primary N) is 1. The number of hydrogen-bond acceptors (Lipinski definition) is 9. The van der Waals surface area contributed by atoms with E-state index >= 15 is 0 Å². The molecule has 3 aliphatic rings. The molecule has 208 valence electrons. The molecule has 0 saturated heterocycles. The number of primary amides is 1. The van der Waals surface area contributed by atoms with Crippen molar-refractivity contribution in [3.63, 3.8) is 0 Å². The van der Waals surface area contributed by atoms with Gasteiger partial charge in [0.05, 0.1) is 11.1 Å². The number of rotatable bonds is 5. The number of nitrogens with zero attached hydrogens (tertiary/aromatic N) is 1. The predicted octanol–water partition coefficient (Wildman–Crippen LogP) is 1.63. The highest BCUT2D eigenvalue weighted by atomic mass is 16.3. The maximum Gasteiger partial charge on any atom is 0.255 e. The normalized spacial score (nSPS) is 25.9. The van der Waals surface area contributed by atoms with E-state index in [1.54, 1.807) is 38.2 Å². The first kappa shape index (κ1) is 27.1. The number of aliphatic hydroxyl groups is 3. The lowest BCUT2D eigenvalue weighted by Crippen LogP contribution is -2.62. The quantitative estimate of drug-likeness (QED) is 0.301. The minimum atomic E-state index is -2.66. The number of carbonyl (C=O) groups excluding carboxylic acids is 4. The van der Waals surface area contributed by atoms with Gasteiger partial charge in [0.2, 0.25) is 5.78 Å². The first-order valence-corrected chi connectivity index (χ1v) is 12.9. The fraction of sp³-hybridized carbons (Fsp3) is 0.345. The van der Waals surface area contributed by atoms with E-state index in [0.29, 0.717) is 16.7 Å². The number of benzene rings is 1. The van der Waals surface area contributed by atoms with Crippen LogP contribution in [0, 0.1) is 23.7 Å². The number of aromatic hydroxyl groups is 1. The van der Waals surface area contributed by atoms with E-state index in [2.05, 4.69) is 10.3 Å². The second-order valence-electron chi connectivity index (χ2n) is 10.8. The van der Waals surface area contributed by atoms with E-state index in [-0.39, 0.29) is 42.2 Å². The summed E-state index contributed by atoms with van der Waals surface area (Å²) in [5, 5.41) is 47.4. The van der Waals surface area contributed by atoms with Gasteiger partial charge in [-0.25, -0.2) is 0 Å². The zero-order valence-electron chi connectivity index (χ0n) is 21.8. The van der Waals surface area contributed by atoms with Crippen LogP contribution < -0.4 is 11.1 Å². The third-order valence-corrected chi connectivity index (χ3v) is 8.31. The lowest BCUT2D eigenvalue weighted by Gasteiger charge is -2.50. The van der Waals surface area contributed by atoms with Gasteiger partial charge in [0, 0.05) is 36.3 Å². The molecule has 3 aliphatic carbocycles. The van der Waals surface area contributed by atoms with Crippen molar-refractivity contribution < 1.29 is 39.6 Å². The molecule has 1 aromatic carbocycles. The number of carbonyl (C=O) groups is 4. The lowest BCUT2D eigenvalue weighted by molar-refractivity contribution is -0.155. The summed E-state index contributed by atoms with van der Waals surface area (Å²) in [4.78, 5) is 55.7. The number of phenolic OH excluding ortho intramolecular Hbond substituents is 1. The van der Waals surface area contributed by atoms with E-state index in [0.717, 1.165) is 0 Å². The van der Waals surface area contributed by atoms with Crippen LogP contribution in [0.4, 0.5) is 0 Å². The van der Waals surface area contributed by atoms with E-state index in [9.17, 15) is 39.6 Å². The Bertz CT molecular complexity index is 1530. The van der Waals surface area contributed by atoms with Gasteiger partial charge in [0.15, 0.2) is 11.4 Å². The van der Waals surface area contributed by atoms with Gasteiger partial charge < -0.3 is 31.5 Å². The van der Waals surface area contributed by atoms with Gasteiger partial charge in [-0.05, 0) is 54.0 Å². The number of ketones is 2. The molecular weight excluding hydrogens is 518 g/mol. The molecule has 1 fully saturated rings. The van der Waals surface area contributed by atoms with Crippen LogP contribution in [0.25, 0.3) is 5.76 Å². The Hall–Kier alpha value is -4.51. The molecule has 1 aromatic heterocycles. The van der Waals surface area contributed by atoms with Crippen LogP contribution in [0.2, 0.25) is 0 Å². The van der Waals surface area contributed by atoms with E-state index in [1.165, 1.54) is 12.3 Å². The number of hydrogen-bond donors (Lipinski definition) is 6. The second kappa shape index (κ2) is 9.60. The zero-order chi connectivity index (χ0) is 29.1. The monoisotopic (exact) mass is 547 g/mol.